The lowest BCUT2D eigenvalue weighted by atomic mass is 9.96. The van der Waals surface area contributed by atoms with Crippen molar-refractivity contribution in [2.75, 3.05) is 26.2 Å². The first-order chi connectivity index (χ1) is 20.0. The zero-order chi connectivity index (χ0) is 28.3. The monoisotopic (exact) mass is 563 g/mol. The number of hydrogen-bond acceptors (Lipinski definition) is 2. The number of aromatic nitrogens is 1. The van der Waals surface area contributed by atoms with E-state index in [2.05, 4.69) is 53.4 Å². The largest absolute Gasteiger partial charge is 0.336 e. The average Bonchev–Trinajstić information content (AvgIpc) is 3.35. The summed E-state index contributed by atoms with van der Waals surface area (Å²) < 4.78 is 16.9. The predicted molar refractivity (Wildman–Crippen MR) is 163 cm³/mol. The standard InChI is InChI=1S/C35H31ClFN3O/c1-25-30(24-33(26-16-18-29(36)19-17-26)40(25)32-15-9-8-14-31(32)37)35(41)39-22-20-38(21-23-39)34(27-10-4-2-5-11-27)28-12-6-3-7-13-28/h2-19,24,34H,20-23H2,1H3. The molecule has 1 amide bonds. The number of para-hydroxylation sites is 1. The van der Waals surface area contributed by atoms with Crippen LogP contribution in [0.2, 0.25) is 5.02 Å². The van der Waals surface area contributed by atoms with Crippen LogP contribution in [0.25, 0.3) is 16.9 Å². The Labute approximate surface area is 245 Å². The fraction of sp³-hybridized carbons (Fsp3) is 0.171. The van der Waals surface area contributed by atoms with Gasteiger partial charge in [-0.25, -0.2) is 4.39 Å². The lowest BCUT2D eigenvalue weighted by Crippen LogP contribution is -2.50. The normalized spacial score (nSPS) is 14.0. The molecule has 0 radical (unpaired) electrons. The Bertz CT molecular complexity index is 1600. The molecule has 0 N–H and O–H groups in total. The van der Waals surface area contributed by atoms with Crippen molar-refractivity contribution in [2.45, 2.75) is 13.0 Å². The topological polar surface area (TPSA) is 28.5 Å². The molecule has 0 saturated carbocycles. The van der Waals surface area contributed by atoms with E-state index in [9.17, 15) is 4.79 Å². The minimum absolute atomic E-state index is 0.0385. The van der Waals surface area contributed by atoms with Crippen LogP contribution in [0, 0.1) is 12.7 Å². The highest BCUT2D eigenvalue weighted by Crippen LogP contribution is 2.33. The molecule has 0 spiro atoms. The molecule has 206 valence electrons. The van der Waals surface area contributed by atoms with Gasteiger partial charge in [-0.05, 0) is 53.9 Å². The minimum atomic E-state index is -0.345. The molecule has 41 heavy (non-hydrogen) atoms. The van der Waals surface area contributed by atoms with Gasteiger partial charge in [0, 0.05) is 36.9 Å². The lowest BCUT2D eigenvalue weighted by Gasteiger charge is -2.39. The van der Waals surface area contributed by atoms with E-state index in [1.54, 1.807) is 18.2 Å². The van der Waals surface area contributed by atoms with Gasteiger partial charge in [-0.15, -0.1) is 0 Å². The van der Waals surface area contributed by atoms with E-state index >= 15 is 4.39 Å². The number of piperazine rings is 1. The molecule has 2 heterocycles. The molecule has 4 nitrogen and oxygen atoms in total. The third kappa shape index (κ3) is 5.43. The van der Waals surface area contributed by atoms with Gasteiger partial charge in [-0.2, -0.15) is 0 Å². The molecule has 5 aromatic rings. The molecule has 0 aliphatic carbocycles. The van der Waals surface area contributed by atoms with E-state index in [0.717, 1.165) is 24.3 Å². The van der Waals surface area contributed by atoms with Gasteiger partial charge in [-0.1, -0.05) is 96.5 Å². The van der Waals surface area contributed by atoms with Crippen molar-refractivity contribution in [1.29, 1.82) is 0 Å². The Balaban J connectivity index is 1.29. The van der Waals surface area contributed by atoms with Crippen molar-refractivity contribution in [3.63, 3.8) is 0 Å². The van der Waals surface area contributed by atoms with Gasteiger partial charge in [0.05, 0.1) is 23.0 Å². The summed E-state index contributed by atoms with van der Waals surface area (Å²) in [5.74, 6) is -0.384. The molecular weight excluding hydrogens is 533 g/mol. The molecular formula is C35H31ClFN3O. The van der Waals surface area contributed by atoms with Crippen LogP contribution in [-0.2, 0) is 0 Å². The van der Waals surface area contributed by atoms with Gasteiger partial charge in [0.25, 0.3) is 5.91 Å². The Kier molecular flexibility index (Phi) is 7.73. The summed E-state index contributed by atoms with van der Waals surface area (Å²) in [5.41, 5.74) is 5.78. The molecule has 1 aromatic heterocycles. The zero-order valence-electron chi connectivity index (χ0n) is 22.9. The van der Waals surface area contributed by atoms with E-state index < -0.39 is 0 Å². The molecule has 1 fully saturated rings. The van der Waals surface area contributed by atoms with E-state index in [4.69, 9.17) is 11.6 Å². The van der Waals surface area contributed by atoms with Gasteiger partial charge in [-0.3, -0.25) is 9.69 Å². The van der Waals surface area contributed by atoms with Gasteiger partial charge in [0.2, 0.25) is 0 Å². The van der Waals surface area contributed by atoms with Crippen molar-refractivity contribution in [2.24, 2.45) is 0 Å². The van der Waals surface area contributed by atoms with Gasteiger partial charge in [0.1, 0.15) is 5.82 Å². The maximum absolute atomic E-state index is 15.0. The summed E-state index contributed by atoms with van der Waals surface area (Å²) in [5, 5.41) is 0.618. The molecule has 1 saturated heterocycles. The number of carbonyl (C=O) groups excluding carboxylic acids is 1. The fourth-order valence-electron chi connectivity index (χ4n) is 5.84. The summed E-state index contributed by atoms with van der Waals surface area (Å²) in [6.45, 7) is 4.59. The molecule has 0 unspecified atom stereocenters. The number of rotatable bonds is 6. The van der Waals surface area contributed by atoms with E-state index in [1.807, 2.05) is 58.9 Å². The molecule has 6 rings (SSSR count). The molecule has 0 atom stereocenters. The first-order valence-electron chi connectivity index (χ1n) is 13.9. The SMILES string of the molecule is Cc1c(C(=O)N2CCN(C(c3ccccc3)c3ccccc3)CC2)cc(-c2ccc(Cl)cc2)n1-c1ccccc1F. The van der Waals surface area contributed by atoms with Crippen molar-refractivity contribution < 1.29 is 9.18 Å². The summed E-state index contributed by atoms with van der Waals surface area (Å²) in [4.78, 5) is 18.4. The third-order valence-corrected chi connectivity index (χ3v) is 8.16. The summed E-state index contributed by atoms with van der Waals surface area (Å²) in [6, 6.07) is 37.1. The second-order valence-corrected chi connectivity index (χ2v) is 10.8. The van der Waals surface area contributed by atoms with Crippen molar-refractivity contribution >= 4 is 17.5 Å². The van der Waals surface area contributed by atoms with Gasteiger partial charge < -0.3 is 9.47 Å². The number of amides is 1. The maximum atomic E-state index is 15.0. The molecule has 0 bridgehead atoms. The van der Waals surface area contributed by atoms with E-state index in [1.165, 1.54) is 17.2 Å². The van der Waals surface area contributed by atoms with Crippen LogP contribution in [-0.4, -0.2) is 46.5 Å². The Morgan fingerprint density at radius 3 is 1.90 bits per heavy atom. The quantitative estimate of drug-likeness (QED) is 0.211. The zero-order valence-corrected chi connectivity index (χ0v) is 23.6. The van der Waals surface area contributed by atoms with Crippen LogP contribution in [0.1, 0.15) is 33.2 Å². The highest BCUT2D eigenvalue weighted by atomic mass is 35.5. The summed E-state index contributed by atoms with van der Waals surface area (Å²) in [6.07, 6.45) is 0. The maximum Gasteiger partial charge on any atom is 0.255 e. The first-order valence-corrected chi connectivity index (χ1v) is 14.3. The summed E-state index contributed by atoms with van der Waals surface area (Å²) in [7, 11) is 0. The minimum Gasteiger partial charge on any atom is -0.336 e. The number of benzene rings is 4. The Morgan fingerprint density at radius 2 is 1.32 bits per heavy atom. The third-order valence-electron chi connectivity index (χ3n) is 7.91. The van der Waals surface area contributed by atoms with E-state index in [0.29, 0.717) is 35.1 Å². The smallest absolute Gasteiger partial charge is 0.255 e. The van der Waals surface area contributed by atoms with Gasteiger partial charge >= 0.3 is 0 Å². The van der Waals surface area contributed by atoms with Gasteiger partial charge in [0.15, 0.2) is 0 Å². The van der Waals surface area contributed by atoms with Crippen LogP contribution < -0.4 is 0 Å². The lowest BCUT2D eigenvalue weighted by molar-refractivity contribution is 0.0596. The summed E-state index contributed by atoms with van der Waals surface area (Å²) >= 11 is 6.15. The van der Waals surface area contributed by atoms with Crippen molar-refractivity contribution in [3.05, 3.63) is 148 Å². The number of nitrogens with zero attached hydrogens (tertiary/aromatic N) is 3. The van der Waals surface area contributed by atoms with Crippen LogP contribution in [0.5, 0.6) is 0 Å². The Morgan fingerprint density at radius 1 is 0.756 bits per heavy atom. The van der Waals surface area contributed by atoms with E-state index in [-0.39, 0.29) is 17.8 Å². The molecule has 6 heteroatoms. The molecule has 4 aromatic carbocycles. The fourth-order valence-corrected chi connectivity index (χ4v) is 5.96. The second-order valence-electron chi connectivity index (χ2n) is 10.4. The number of halogens is 2. The second kappa shape index (κ2) is 11.7. The average molecular weight is 564 g/mol. The van der Waals surface area contributed by atoms with Crippen LogP contribution >= 0.6 is 11.6 Å². The predicted octanol–water partition coefficient (Wildman–Crippen LogP) is 7.79. The number of carbonyl (C=O) groups is 1. The highest BCUT2D eigenvalue weighted by molar-refractivity contribution is 6.30. The van der Waals surface area contributed by atoms with Crippen LogP contribution in [0.15, 0.2) is 115 Å². The Hall–Kier alpha value is -4.19. The van der Waals surface area contributed by atoms with Crippen LogP contribution in [0.4, 0.5) is 4.39 Å². The molecule has 1 aliphatic heterocycles. The van der Waals surface area contributed by atoms with Crippen LogP contribution in [0.3, 0.4) is 0 Å². The molecule has 1 aliphatic rings. The highest BCUT2D eigenvalue weighted by Gasteiger charge is 2.30. The van der Waals surface area contributed by atoms with Crippen molar-refractivity contribution in [1.82, 2.24) is 14.4 Å². The first kappa shape index (κ1) is 27.0. The van der Waals surface area contributed by atoms with Crippen molar-refractivity contribution in [3.8, 4) is 16.9 Å². The number of hydrogen-bond donors (Lipinski definition) is 0.